The van der Waals surface area contributed by atoms with Crippen LogP contribution in [0.1, 0.15) is 27.9 Å². The van der Waals surface area contributed by atoms with Crippen molar-refractivity contribution in [1.29, 1.82) is 0 Å². The number of hydrogen-bond donors (Lipinski definition) is 1. The molecule has 1 aromatic carbocycles. The number of carbonyl (C=O) groups is 1. The number of nitrogens with zero attached hydrogens (tertiary/aromatic N) is 3. The Hall–Kier alpha value is -1.95. The predicted molar refractivity (Wildman–Crippen MR) is 74.8 cm³/mol. The second kappa shape index (κ2) is 5.36. The van der Waals surface area contributed by atoms with Crippen LogP contribution in [-0.4, -0.2) is 27.1 Å². The molecule has 6 heteroatoms. The molecule has 0 radical (unpaired) electrons. The zero-order valence-corrected chi connectivity index (χ0v) is 11.9. The number of carbonyl (C=O) groups excluding carboxylic acids is 1. The third-order valence-electron chi connectivity index (χ3n) is 2.89. The van der Waals surface area contributed by atoms with Gasteiger partial charge in [0, 0.05) is 12.6 Å². The number of benzene rings is 1. The van der Waals surface area contributed by atoms with Crippen LogP contribution in [0.5, 0.6) is 5.75 Å². The first kappa shape index (κ1) is 13.5. The summed E-state index contributed by atoms with van der Waals surface area (Å²) in [6.07, 6.45) is 0. The summed E-state index contributed by atoms with van der Waals surface area (Å²) in [5.74, 6) is 0.00898. The molecule has 1 amide bonds. The van der Waals surface area contributed by atoms with Crippen LogP contribution in [0.15, 0.2) is 18.2 Å². The van der Waals surface area contributed by atoms with E-state index in [1.807, 2.05) is 13.8 Å². The number of phenols is 1. The summed E-state index contributed by atoms with van der Waals surface area (Å²) >= 11 is 1.09. The van der Waals surface area contributed by atoms with Gasteiger partial charge < -0.3 is 10.0 Å². The van der Waals surface area contributed by atoms with Crippen LogP contribution >= 0.6 is 11.5 Å². The lowest BCUT2D eigenvalue weighted by Gasteiger charge is -2.22. The summed E-state index contributed by atoms with van der Waals surface area (Å²) in [5.41, 5.74) is 2.27. The van der Waals surface area contributed by atoms with Crippen molar-refractivity contribution in [1.82, 2.24) is 9.59 Å². The van der Waals surface area contributed by atoms with E-state index in [-0.39, 0.29) is 11.7 Å². The van der Waals surface area contributed by atoms with Gasteiger partial charge in [0.25, 0.3) is 5.91 Å². The van der Waals surface area contributed by atoms with Gasteiger partial charge in [-0.15, -0.1) is 5.10 Å². The van der Waals surface area contributed by atoms with E-state index in [1.54, 1.807) is 30.0 Å². The van der Waals surface area contributed by atoms with E-state index in [9.17, 15) is 9.90 Å². The van der Waals surface area contributed by atoms with Crippen LogP contribution in [0.2, 0.25) is 0 Å². The lowest BCUT2D eigenvalue weighted by Crippen LogP contribution is -2.31. The molecule has 2 rings (SSSR count). The Morgan fingerprint density at radius 3 is 2.74 bits per heavy atom. The standard InChI is InChI=1S/C13H15N3O2S/c1-4-16(11-7-10(17)6-5-8(11)2)13(18)12-9(3)14-15-19-12/h5-7,17H,4H2,1-3H3. The molecule has 0 saturated carbocycles. The molecule has 0 aliphatic rings. The van der Waals surface area contributed by atoms with E-state index in [4.69, 9.17) is 0 Å². The normalized spacial score (nSPS) is 10.5. The fraction of sp³-hybridized carbons (Fsp3) is 0.308. The minimum atomic E-state index is -0.135. The molecule has 0 atom stereocenters. The molecular formula is C13H15N3O2S. The number of hydrogen-bond acceptors (Lipinski definition) is 5. The van der Waals surface area contributed by atoms with Gasteiger partial charge in [0.15, 0.2) is 0 Å². The molecule has 0 unspecified atom stereocenters. The van der Waals surface area contributed by atoms with Crippen LogP contribution in [-0.2, 0) is 0 Å². The highest BCUT2D eigenvalue weighted by Crippen LogP contribution is 2.27. The lowest BCUT2D eigenvalue weighted by atomic mass is 10.1. The molecule has 2 aromatic rings. The van der Waals surface area contributed by atoms with Gasteiger partial charge in [-0.25, -0.2) is 0 Å². The maximum atomic E-state index is 12.5. The molecule has 5 nitrogen and oxygen atoms in total. The van der Waals surface area contributed by atoms with Crippen molar-refractivity contribution >= 4 is 23.1 Å². The number of aromatic hydroxyl groups is 1. The average molecular weight is 277 g/mol. The molecule has 1 N–H and O–H groups in total. The number of anilines is 1. The number of aromatic nitrogens is 2. The van der Waals surface area contributed by atoms with Gasteiger partial charge in [0.2, 0.25) is 0 Å². The van der Waals surface area contributed by atoms with Crippen molar-refractivity contribution in [3.63, 3.8) is 0 Å². The third-order valence-corrected chi connectivity index (χ3v) is 3.71. The first-order valence-corrected chi connectivity index (χ1v) is 6.72. The molecule has 0 spiro atoms. The van der Waals surface area contributed by atoms with E-state index in [2.05, 4.69) is 9.59 Å². The SMILES string of the molecule is CCN(C(=O)c1snnc1C)c1cc(O)ccc1C. The Labute approximate surface area is 115 Å². The quantitative estimate of drug-likeness (QED) is 0.936. The van der Waals surface area contributed by atoms with Gasteiger partial charge >= 0.3 is 0 Å². The fourth-order valence-corrected chi connectivity index (χ4v) is 2.47. The summed E-state index contributed by atoms with van der Waals surface area (Å²) in [6, 6.07) is 5.00. The molecule has 1 heterocycles. The van der Waals surface area contributed by atoms with Crippen molar-refractivity contribution in [2.24, 2.45) is 0 Å². The summed E-state index contributed by atoms with van der Waals surface area (Å²) in [7, 11) is 0. The summed E-state index contributed by atoms with van der Waals surface area (Å²) in [6.45, 7) is 6.08. The van der Waals surface area contributed by atoms with E-state index in [1.165, 1.54) is 0 Å². The van der Waals surface area contributed by atoms with E-state index in [0.717, 1.165) is 17.1 Å². The molecular weight excluding hydrogens is 262 g/mol. The summed E-state index contributed by atoms with van der Waals surface area (Å²) in [4.78, 5) is 14.7. The fourth-order valence-electron chi connectivity index (χ4n) is 1.86. The van der Waals surface area contributed by atoms with E-state index < -0.39 is 0 Å². The molecule has 100 valence electrons. The van der Waals surface area contributed by atoms with Gasteiger partial charge in [-0.2, -0.15) is 0 Å². The second-order valence-electron chi connectivity index (χ2n) is 4.21. The lowest BCUT2D eigenvalue weighted by molar-refractivity contribution is 0.0991. The Bertz CT molecular complexity index is 610. The maximum absolute atomic E-state index is 12.5. The zero-order chi connectivity index (χ0) is 14.0. The van der Waals surface area contributed by atoms with Gasteiger partial charge in [0.1, 0.15) is 10.6 Å². The van der Waals surface area contributed by atoms with E-state index in [0.29, 0.717) is 22.8 Å². The average Bonchev–Trinajstić information content (AvgIpc) is 2.80. The molecule has 0 bridgehead atoms. The summed E-state index contributed by atoms with van der Waals surface area (Å²) in [5, 5.41) is 13.4. The van der Waals surface area contributed by atoms with Crippen molar-refractivity contribution in [2.45, 2.75) is 20.8 Å². The summed E-state index contributed by atoms with van der Waals surface area (Å²) < 4.78 is 3.79. The monoisotopic (exact) mass is 277 g/mol. The van der Waals surface area contributed by atoms with Crippen LogP contribution in [0, 0.1) is 13.8 Å². The van der Waals surface area contributed by atoms with Crippen LogP contribution in [0.4, 0.5) is 5.69 Å². The maximum Gasteiger partial charge on any atom is 0.271 e. The highest BCUT2D eigenvalue weighted by molar-refractivity contribution is 7.08. The second-order valence-corrected chi connectivity index (χ2v) is 4.96. The Morgan fingerprint density at radius 1 is 1.42 bits per heavy atom. The van der Waals surface area contributed by atoms with Crippen LogP contribution < -0.4 is 4.90 Å². The first-order valence-electron chi connectivity index (χ1n) is 5.95. The molecule has 0 aliphatic carbocycles. The van der Waals surface area contributed by atoms with Crippen molar-refractivity contribution in [3.8, 4) is 5.75 Å². The minimum absolute atomic E-state index is 0.135. The third kappa shape index (κ3) is 2.58. The van der Waals surface area contributed by atoms with Crippen molar-refractivity contribution in [3.05, 3.63) is 34.3 Å². The molecule has 19 heavy (non-hydrogen) atoms. The topological polar surface area (TPSA) is 66.3 Å². The number of phenolic OH excluding ortho intramolecular Hbond substituents is 1. The highest BCUT2D eigenvalue weighted by atomic mass is 32.1. The zero-order valence-electron chi connectivity index (χ0n) is 11.0. The Balaban J connectivity index is 2.43. The number of rotatable bonds is 3. The largest absolute Gasteiger partial charge is 0.508 e. The number of amides is 1. The number of aryl methyl sites for hydroxylation is 2. The smallest absolute Gasteiger partial charge is 0.271 e. The van der Waals surface area contributed by atoms with Gasteiger partial charge in [-0.3, -0.25) is 4.79 Å². The van der Waals surface area contributed by atoms with Crippen molar-refractivity contribution in [2.75, 3.05) is 11.4 Å². The Morgan fingerprint density at radius 2 is 2.16 bits per heavy atom. The predicted octanol–water partition coefficient (Wildman–Crippen LogP) is 2.53. The van der Waals surface area contributed by atoms with Crippen LogP contribution in [0.25, 0.3) is 0 Å². The van der Waals surface area contributed by atoms with Crippen LogP contribution in [0.3, 0.4) is 0 Å². The minimum Gasteiger partial charge on any atom is -0.508 e. The van der Waals surface area contributed by atoms with Crippen molar-refractivity contribution < 1.29 is 9.90 Å². The van der Waals surface area contributed by atoms with E-state index >= 15 is 0 Å². The van der Waals surface area contributed by atoms with Gasteiger partial charge in [-0.05, 0) is 43.9 Å². The molecule has 0 fully saturated rings. The Kier molecular flexibility index (Phi) is 3.80. The molecule has 1 aromatic heterocycles. The molecule has 0 saturated heterocycles. The molecule has 0 aliphatic heterocycles. The highest BCUT2D eigenvalue weighted by Gasteiger charge is 2.22. The van der Waals surface area contributed by atoms with Gasteiger partial charge in [-0.1, -0.05) is 10.6 Å². The first-order chi connectivity index (χ1) is 9.04. The van der Waals surface area contributed by atoms with Gasteiger partial charge in [0.05, 0.1) is 11.4 Å².